The second kappa shape index (κ2) is 9.37. The predicted octanol–water partition coefficient (Wildman–Crippen LogP) is 4.13. The molecule has 0 atom stereocenters. The Balaban J connectivity index is 1.97. The zero-order valence-corrected chi connectivity index (χ0v) is 17.5. The van der Waals surface area contributed by atoms with Gasteiger partial charge in [0.05, 0.1) is 12.1 Å². The van der Waals surface area contributed by atoms with Crippen LogP contribution >= 0.6 is 0 Å². The minimum absolute atomic E-state index is 0.0380. The highest BCUT2D eigenvalue weighted by atomic mass is 19.4. The van der Waals surface area contributed by atoms with Crippen molar-refractivity contribution in [2.45, 2.75) is 45.8 Å². The summed E-state index contributed by atoms with van der Waals surface area (Å²) < 4.78 is 53.9. The first-order chi connectivity index (χ1) is 15.1. The average Bonchev–Trinajstić information content (AvgIpc) is 2.74. The summed E-state index contributed by atoms with van der Waals surface area (Å²) in [5, 5.41) is 2.81. The second-order valence-corrected chi connectivity index (χ2v) is 7.55. The molecule has 3 aromatic rings. The van der Waals surface area contributed by atoms with Crippen LogP contribution in [0.1, 0.15) is 42.1 Å². The summed E-state index contributed by atoms with van der Waals surface area (Å²) >= 11 is 0. The van der Waals surface area contributed by atoms with E-state index in [1.165, 1.54) is 16.7 Å². The summed E-state index contributed by atoms with van der Waals surface area (Å²) in [6.45, 7) is 2.67. The van der Waals surface area contributed by atoms with E-state index in [4.69, 9.17) is 0 Å². The third kappa shape index (κ3) is 5.24. The van der Waals surface area contributed by atoms with Crippen LogP contribution in [0.2, 0.25) is 0 Å². The summed E-state index contributed by atoms with van der Waals surface area (Å²) in [5.41, 5.74) is -0.718. The largest absolute Gasteiger partial charge is 0.416 e. The van der Waals surface area contributed by atoms with Crippen LogP contribution in [0.15, 0.2) is 58.1 Å². The maximum atomic E-state index is 13.0. The molecule has 1 N–H and O–H groups in total. The van der Waals surface area contributed by atoms with Gasteiger partial charge in [-0.05, 0) is 42.7 Å². The number of hydrogen-bond acceptors (Lipinski definition) is 4. The maximum Gasteiger partial charge on any atom is 0.416 e. The molecule has 0 aliphatic rings. The third-order valence-electron chi connectivity index (χ3n) is 4.84. The van der Waals surface area contributed by atoms with E-state index >= 15 is 0 Å². The van der Waals surface area contributed by atoms with Gasteiger partial charge in [0.15, 0.2) is 0 Å². The van der Waals surface area contributed by atoms with Gasteiger partial charge in [-0.25, -0.2) is 18.5 Å². The number of hydrogen-bond donors (Lipinski definition) is 1. The molecule has 0 aliphatic carbocycles. The van der Waals surface area contributed by atoms with Gasteiger partial charge in [-0.3, -0.25) is 4.57 Å². The number of nitrogens with zero attached hydrogens (tertiary/aromatic N) is 3. The number of halogens is 4. The van der Waals surface area contributed by atoms with Gasteiger partial charge in [0.1, 0.15) is 6.67 Å². The van der Waals surface area contributed by atoms with Crippen LogP contribution in [-0.4, -0.2) is 14.1 Å². The first-order valence-corrected chi connectivity index (χ1v) is 9.87. The van der Waals surface area contributed by atoms with Gasteiger partial charge in [0, 0.05) is 12.6 Å². The van der Waals surface area contributed by atoms with Crippen LogP contribution in [-0.2, 0) is 25.9 Å². The zero-order chi connectivity index (χ0) is 23.5. The van der Waals surface area contributed by atoms with Gasteiger partial charge >= 0.3 is 17.6 Å². The van der Waals surface area contributed by atoms with E-state index in [9.17, 15) is 27.2 Å². The molecule has 2 aromatic carbocycles. The molecule has 32 heavy (non-hydrogen) atoms. The molecular formula is C22H22F4N4O2. The molecule has 0 bridgehead atoms. The Bertz CT molecular complexity index is 1200. The van der Waals surface area contributed by atoms with E-state index in [2.05, 4.69) is 10.3 Å². The summed E-state index contributed by atoms with van der Waals surface area (Å²) in [5.74, 6) is -0.0659. The normalized spacial score (nSPS) is 11.7. The minimum Gasteiger partial charge on any atom is -0.351 e. The minimum atomic E-state index is -4.49. The lowest BCUT2D eigenvalue weighted by molar-refractivity contribution is -0.137. The number of benzene rings is 2. The Morgan fingerprint density at radius 1 is 1.00 bits per heavy atom. The lowest BCUT2D eigenvalue weighted by atomic mass is 10.1. The van der Waals surface area contributed by atoms with E-state index in [0.717, 1.165) is 16.7 Å². The van der Waals surface area contributed by atoms with Crippen molar-refractivity contribution in [3.8, 4) is 0 Å². The van der Waals surface area contributed by atoms with Gasteiger partial charge < -0.3 is 5.32 Å². The van der Waals surface area contributed by atoms with Gasteiger partial charge in [-0.1, -0.05) is 36.4 Å². The Kier molecular flexibility index (Phi) is 6.81. The molecule has 0 radical (unpaired) electrons. The van der Waals surface area contributed by atoms with Crippen LogP contribution in [0.4, 0.5) is 23.5 Å². The summed E-state index contributed by atoms with van der Waals surface area (Å²) in [6, 6.07) is 10.8. The first kappa shape index (κ1) is 23.2. The highest BCUT2D eigenvalue weighted by Crippen LogP contribution is 2.29. The highest BCUT2D eigenvalue weighted by molar-refractivity contribution is 5.32. The van der Waals surface area contributed by atoms with E-state index in [-0.39, 0.29) is 19.0 Å². The highest BCUT2D eigenvalue weighted by Gasteiger charge is 2.30. The quantitative estimate of drug-likeness (QED) is 0.550. The van der Waals surface area contributed by atoms with Crippen molar-refractivity contribution in [1.82, 2.24) is 14.1 Å². The van der Waals surface area contributed by atoms with Crippen molar-refractivity contribution in [1.29, 1.82) is 0 Å². The van der Waals surface area contributed by atoms with Crippen LogP contribution in [0.5, 0.6) is 0 Å². The van der Waals surface area contributed by atoms with E-state index in [1.54, 1.807) is 38.1 Å². The van der Waals surface area contributed by atoms with E-state index < -0.39 is 35.8 Å². The second-order valence-electron chi connectivity index (χ2n) is 7.55. The molecule has 0 spiro atoms. The third-order valence-corrected chi connectivity index (χ3v) is 4.84. The summed E-state index contributed by atoms with van der Waals surface area (Å²) in [6.07, 6.45) is -4.49. The fourth-order valence-electron chi connectivity index (χ4n) is 3.18. The fraction of sp³-hybridized carbons (Fsp3) is 0.318. The topological polar surface area (TPSA) is 68.9 Å². The molecule has 1 heterocycles. The maximum absolute atomic E-state index is 13.0. The standard InChI is InChI=1S/C22H22F4N4O2/c1-14(2)30-20(31)28-19(27-12-17-4-3-5-18(10-17)22(24,25)26)29(21(30)32)13-16-8-6-15(11-23)7-9-16/h3-10,14H,11-13H2,1-2H3,(H,27,28,31). The van der Waals surface area contributed by atoms with Gasteiger partial charge in [-0.15, -0.1) is 0 Å². The zero-order valence-electron chi connectivity index (χ0n) is 17.5. The number of nitrogens with one attached hydrogen (secondary N) is 1. The van der Waals surface area contributed by atoms with Crippen molar-refractivity contribution >= 4 is 5.95 Å². The Morgan fingerprint density at radius 3 is 2.25 bits per heavy atom. The van der Waals surface area contributed by atoms with Crippen molar-refractivity contribution in [3.05, 3.63) is 91.8 Å². The van der Waals surface area contributed by atoms with Crippen LogP contribution < -0.4 is 16.7 Å². The van der Waals surface area contributed by atoms with Crippen LogP contribution in [0.25, 0.3) is 0 Å². The number of alkyl halides is 4. The van der Waals surface area contributed by atoms with Gasteiger partial charge in [-0.2, -0.15) is 18.2 Å². The molecule has 0 saturated heterocycles. The Hall–Kier alpha value is -3.43. The molecule has 0 aliphatic heterocycles. The first-order valence-electron chi connectivity index (χ1n) is 9.87. The summed E-state index contributed by atoms with van der Waals surface area (Å²) in [7, 11) is 0. The summed E-state index contributed by atoms with van der Waals surface area (Å²) in [4.78, 5) is 29.4. The molecule has 6 nitrogen and oxygen atoms in total. The average molecular weight is 450 g/mol. The molecule has 3 rings (SSSR count). The molecule has 0 fully saturated rings. The van der Waals surface area contributed by atoms with Gasteiger partial charge in [0.2, 0.25) is 5.95 Å². The Labute approximate surface area is 181 Å². The van der Waals surface area contributed by atoms with Crippen molar-refractivity contribution in [2.24, 2.45) is 0 Å². The molecule has 0 saturated carbocycles. The molecule has 0 unspecified atom stereocenters. The molecule has 1 aromatic heterocycles. The fourth-order valence-corrected chi connectivity index (χ4v) is 3.18. The molecule has 170 valence electrons. The van der Waals surface area contributed by atoms with E-state index in [1.807, 2.05) is 0 Å². The lowest BCUT2D eigenvalue weighted by Gasteiger charge is -2.17. The number of rotatable bonds is 7. The smallest absolute Gasteiger partial charge is 0.351 e. The van der Waals surface area contributed by atoms with E-state index in [0.29, 0.717) is 16.7 Å². The number of aromatic nitrogens is 3. The van der Waals surface area contributed by atoms with Gasteiger partial charge in [0.25, 0.3) is 0 Å². The van der Waals surface area contributed by atoms with Crippen molar-refractivity contribution in [3.63, 3.8) is 0 Å². The SMILES string of the molecule is CC(C)n1c(=O)nc(NCc2cccc(C(F)(F)F)c2)n(Cc2ccc(CF)cc2)c1=O. The lowest BCUT2D eigenvalue weighted by Crippen LogP contribution is -2.43. The Morgan fingerprint density at radius 2 is 1.66 bits per heavy atom. The molecule has 10 heteroatoms. The molecule has 0 amide bonds. The number of anilines is 1. The molecular weight excluding hydrogens is 428 g/mol. The van der Waals surface area contributed by atoms with Crippen molar-refractivity contribution in [2.75, 3.05) is 5.32 Å². The monoisotopic (exact) mass is 450 g/mol. The van der Waals surface area contributed by atoms with Crippen LogP contribution in [0, 0.1) is 0 Å². The van der Waals surface area contributed by atoms with Crippen molar-refractivity contribution < 1.29 is 17.6 Å². The van der Waals surface area contributed by atoms with Crippen LogP contribution in [0.3, 0.4) is 0 Å². The predicted molar refractivity (Wildman–Crippen MR) is 112 cm³/mol.